The molecular formula is C20H32O2. The zero-order valence-electron chi connectivity index (χ0n) is 14.9. The number of fused-ring (bicyclic) bond motifs is 1. The molecule has 2 aliphatic carbocycles. The molecule has 2 heteroatoms. The molecule has 2 aliphatic rings. The van der Waals surface area contributed by atoms with Crippen LogP contribution in [0, 0.1) is 22.7 Å². The van der Waals surface area contributed by atoms with Crippen LogP contribution in [0.1, 0.15) is 66.7 Å². The van der Waals surface area contributed by atoms with Crippen LogP contribution in [0.15, 0.2) is 24.3 Å². The summed E-state index contributed by atoms with van der Waals surface area (Å²) in [6, 6.07) is 0. The van der Waals surface area contributed by atoms with Crippen LogP contribution in [0.2, 0.25) is 0 Å². The quantitative estimate of drug-likeness (QED) is 0.766. The molecule has 0 amide bonds. The van der Waals surface area contributed by atoms with Crippen LogP contribution in [0.3, 0.4) is 0 Å². The van der Waals surface area contributed by atoms with Crippen LogP contribution in [0.5, 0.6) is 0 Å². The van der Waals surface area contributed by atoms with Crippen LogP contribution in [-0.2, 0) is 4.79 Å². The van der Waals surface area contributed by atoms with E-state index in [-0.39, 0.29) is 16.6 Å². The molecule has 1 saturated carbocycles. The van der Waals surface area contributed by atoms with Crippen molar-refractivity contribution in [3.63, 3.8) is 0 Å². The summed E-state index contributed by atoms with van der Waals surface area (Å²) in [6.07, 6.45) is 8.17. The molecule has 0 aliphatic heterocycles. The molecule has 1 fully saturated rings. The molecule has 0 aromatic heterocycles. The van der Waals surface area contributed by atoms with Gasteiger partial charge in [-0.15, -0.1) is 6.58 Å². The maximum Gasteiger partial charge on any atom is 0.155 e. The molecular weight excluding hydrogens is 272 g/mol. The highest BCUT2D eigenvalue weighted by Gasteiger charge is 2.54. The SMILES string of the molecule is C=C[C@@](C)(O)CC[C@@]1(C)[C@H](C)CC[C@@]2(C)C(C)=CC(=O)C[C@H]12. The van der Waals surface area contributed by atoms with E-state index in [2.05, 4.69) is 34.3 Å². The maximum atomic E-state index is 12.2. The van der Waals surface area contributed by atoms with E-state index in [9.17, 15) is 9.90 Å². The van der Waals surface area contributed by atoms with Crippen LogP contribution in [0.25, 0.3) is 0 Å². The highest BCUT2D eigenvalue weighted by molar-refractivity contribution is 5.92. The molecule has 0 saturated heterocycles. The summed E-state index contributed by atoms with van der Waals surface area (Å²) in [7, 11) is 0. The lowest BCUT2D eigenvalue weighted by atomic mass is 9.46. The second kappa shape index (κ2) is 5.63. The third kappa shape index (κ3) is 2.82. The van der Waals surface area contributed by atoms with Gasteiger partial charge in [0.25, 0.3) is 0 Å². The van der Waals surface area contributed by atoms with Gasteiger partial charge < -0.3 is 5.11 Å². The molecule has 0 unspecified atom stereocenters. The van der Waals surface area contributed by atoms with Crippen molar-refractivity contribution in [2.75, 3.05) is 0 Å². The van der Waals surface area contributed by atoms with Gasteiger partial charge in [-0.1, -0.05) is 32.4 Å². The average molecular weight is 304 g/mol. The molecule has 0 bridgehead atoms. The van der Waals surface area contributed by atoms with Crippen molar-refractivity contribution >= 4 is 5.78 Å². The normalized spacial score (nSPS) is 41.4. The third-order valence-electron chi connectivity index (χ3n) is 7.08. The molecule has 0 aromatic carbocycles. The van der Waals surface area contributed by atoms with Crippen molar-refractivity contribution in [2.24, 2.45) is 22.7 Å². The summed E-state index contributed by atoms with van der Waals surface area (Å²) in [4.78, 5) is 12.2. The first-order valence-corrected chi connectivity index (χ1v) is 8.63. The largest absolute Gasteiger partial charge is 0.386 e. The highest BCUT2D eigenvalue weighted by atomic mass is 16.3. The van der Waals surface area contributed by atoms with Gasteiger partial charge in [0.15, 0.2) is 5.78 Å². The lowest BCUT2D eigenvalue weighted by Crippen LogP contribution is -2.51. The van der Waals surface area contributed by atoms with Gasteiger partial charge in [0.05, 0.1) is 5.60 Å². The van der Waals surface area contributed by atoms with Crippen molar-refractivity contribution in [2.45, 2.75) is 72.3 Å². The summed E-state index contributed by atoms with van der Waals surface area (Å²) in [5.41, 5.74) is 0.655. The molecule has 5 atom stereocenters. The van der Waals surface area contributed by atoms with Gasteiger partial charge in [-0.2, -0.15) is 0 Å². The van der Waals surface area contributed by atoms with E-state index in [1.807, 2.05) is 13.0 Å². The Bertz CT molecular complexity index is 502. The molecule has 1 N–H and O–H groups in total. The maximum absolute atomic E-state index is 12.2. The Balaban J connectivity index is 2.34. The summed E-state index contributed by atoms with van der Waals surface area (Å²) in [6.45, 7) is 14.7. The fraction of sp³-hybridized carbons (Fsp3) is 0.750. The Labute approximate surface area is 135 Å². The molecule has 0 radical (unpaired) electrons. The Morgan fingerprint density at radius 3 is 2.73 bits per heavy atom. The number of rotatable bonds is 4. The van der Waals surface area contributed by atoms with Crippen LogP contribution >= 0.6 is 0 Å². The van der Waals surface area contributed by atoms with Gasteiger partial charge >= 0.3 is 0 Å². The van der Waals surface area contributed by atoms with Crippen molar-refractivity contribution in [1.29, 1.82) is 0 Å². The van der Waals surface area contributed by atoms with E-state index < -0.39 is 5.60 Å². The number of allylic oxidation sites excluding steroid dienone is 2. The first-order valence-electron chi connectivity index (χ1n) is 8.63. The minimum Gasteiger partial charge on any atom is -0.386 e. The smallest absolute Gasteiger partial charge is 0.155 e. The molecule has 0 spiro atoms. The van der Waals surface area contributed by atoms with Crippen LogP contribution in [0.4, 0.5) is 0 Å². The van der Waals surface area contributed by atoms with Gasteiger partial charge in [0.1, 0.15) is 0 Å². The zero-order chi connectivity index (χ0) is 16.8. The Morgan fingerprint density at radius 1 is 1.50 bits per heavy atom. The van der Waals surface area contributed by atoms with Gasteiger partial charge in [0.2, 0.25) is 0 Å². The van der Waals surface area contributed by atoms with E-state index in [0.29, 0.717) is 24.7 Å². The van der Waals surface area contributed by atoms with Crippen LogP contribution in [-0.4, -0.2) is 16.5 Å². The van der Waals surface area contributed by atoms with E-state index in [1.54, 1.807) is 6.08 Å². The molecule has 0 aromatic rings. The fourth-order valence-corrected chi connectivity index (χ4v) is 4.73. The van der Waals surface area contributed by atoms with Crippen molar-refractivity contribution in [3.8, 4) is 0 Å². The van der Waals surface area contributed by atoms with E-state index in [4.69, 9.17) is 0 Å². The predicted octanol–water partition coefficient (Wildman–Crippen LogP) is 4.68. The monoisotopic (exact) mass is 304 g/mol. The molecule has 0 heterocycles. The van der Waals surface area contributed by atoms with Gasteiger partial charge in [-0.3, -0.25) is 4.79 Å². The van der Waals surface area contributed by atoms with E-state index in [1.165, 1.54) is 18.4 Å². The minimum atomic E-state index is -0.819. The lowest BCUT2D eigenvalue weighted by Gasteiger charge is -2.58. The van der Waals surface area contributed by atoms with Gasteiger partial charge in [0, 0.05) is 6.42 Å². The number of ketones is 1. The molecule has 2 nitrogen and oxygen atoms in total. The first kappa shape index (κ1) is 17.5. The van der Waals surface area contributed by atoms with Crippen molar-refractivity contribution in [1.82, 2.24) is 0 Å². The second-order valence-corrected chi connectivity index (χ2v) is 8.47. The standard InChI is InChI=1S/C20H32O2/c1-7-18(4,22)10-11-20(6)14(2)8-9-19(5)15(3)12-16(21)13-17(19)20/h7,12,14,17,22H,1,8-11,13H2,2-6H3/t14-,17+,18-,19+,20+/m1/s1. The van der Waals surface area contributed by atoms with E-state index in [0.717, 1.165) is 6.42 Å². The molecule has 22 heavy (non-hydrogen) atoms. The summed E-state index contributed by atoms with van der Waals surface area (Å²) < 4.78 is 0. The lowest BCUT2D eigenvalue weighted by molar-refractivity contribution is -0.124. The molecule has 124 valence electrons. The molecule has 2 rings (SSSR count). The van der Waals surface area contributed by atoms with Crippen molar-refractivity contribution in [3.05, 3.63) is 24.3 Å². The minimum absolute atomic E-state index is 0.0885. The summed E-state index contributed by atoms with van der Waals surface area (Å²) >= 11 is 0. The van der Waals surface area contributed by atoms with E-state index >= 15 is 0 Å². The Hall–Kier alpha value is -0.890. The predicted molar refractivity (Wildman–Crippen MR) is 91.5 cm³/mol. The highest BCUT2D eigenvalue weighted by Crippen LogP contribution is 2.61. The van der Waals surface area contributed by atoms with Crippen LogP contribution < -0.4 is 0 Å². The number of carbonyl (C=O) groups is 1. The number of carbonyl (C=O) groups excluding carboxylic acids is 1. The summed E-state index contributed by atoms with van der Waals surface area (Å²) in [5, 5.41) is 10.3. The fourth-order valence-electron chi connectivity index (χ4n) is 4.73. The first-order chi connectivity index (χ1) is 10.0. The van der Waals surface area contributed by atoms with Gasteiger partial charge in [-0.25, -0.2) is 0 Å². The number of aliphatic hydroxyl groups is 1. The zero-order valence-corrected chi connectivity index (χ0v) is 14.9. The number of hydrogen-bond acceptors (Lipinski definition) is 2. The Kier molecular flexibility index (Phi) is 4.47. The summed E-state index contributed by atoms with van der Waals surface area (Å²) in [5.74, 6) is 1.22. The van der Waals surface area contributed by atoms with Gasteiger partial charge in [-0.05, 0) is 68.3 Å². The second-order valence-electron chi connectivity index (χ2n) is 8.47. The topological polar surface area (TPSA) is 37.3 Å². The number of hydrogen-bond donors (Lipinski definition) is 1. The average Bonchev–Trinajstić information content (AvgIpc) is 2.45. The Morgan fingerprint density at radius 2 is 2.14 bits per heavy atom. The third-order valence-corrected chi connectivity index (χ3v) is 7.08. The van der Waals surface area contributed by atoms with Crippen molar-refractivity contribution < 1.29 is 9.90 Å².